The number of hydrogen-bond acceptors (Lipinski definition) is 2. The minimum atomic E-state index is -0.691. The Hall–Kier alpha value is -2.76. The van der Waals surface area contributed by atoms with Crippen molar-refractivity contribution in [3.63, 3.8) is 0 Å². The van der Waals surface area contributed by atoms with E-state index in [0.29, 0.717) is 11.6 Å². The van der Waals surface area contributed by atoms with Crippen molar-refractivity contribution in [1.29, 1.82) is 0 Å². The van der Waals surface area contributed by atoms with Crippen LogP contribution in [-0.4, -0.2) is 39.7 Å². The van der Waals surface area contributed by atoms with Gasteiger partial charge in [-0.05, 0) is 55.3 Å². The maximum absolute atomic E-state index is 13.9. The average Bonchev–Trinajstić information content (AvgIpc) is 3.30. The first-order valence-corrected chi connectivity index (χ1v) is 12.0. The van der Waals surface area contributed by atoms with Gasteiger partial charge in [0.2, 0.25) is 11.8 Å². The number of nitrogens with zero attached hydrogens (tertiary/aromatic N) is 3. The monoisotopic (exact) mass is 483 g/mol. The number of amides is 2. The summed E-state index contributed by atoms with van der Waals surface area (Å²) >= 11 is 12.4. The van der Waals surface area contributed by atoms with Gasteiger partial charge in [0.1, 0.15) is 18.0 Å². The molecule has 2 amide bonds. The summed E-state index contributed by atoms with van der Waals surface area (Å²) in [4.78, 5) is 30.0. The molecule has 2 heterocycles. The molecule has 1 aliphatic rings. The molecule has 1 aliphatic heterocycles. The smallest absolute Gasteiger partial charge is 0.247 e. The molecule has 0 unspecified atom stereocenters. The summed E-state index contributed by atoms with van der Waals surface area (Å²) in [6.45, 7) is 4.15. The lowest BCUT2D eigenvalue weighted by Crippen LogP contribution is -2.48. The highest BCUT2D eigenvalue weighted by atomic mass is 35.5. The molecule has 3 aromatic rings. The van der Waals surface area contributed by atoms with Crippen LogP contribution in [0.5, 0.6) is 0 Å². The van der Waals surface area contributed by atoms with E-state index in [1.807, 2.05) is 66.9 Å². The molecule has 0 bridgehead atoms. The predicted octanol–water partition coefficient (Wildman–Crippen LogP) is 5.82. The molecule has 0 saturated carbocycles. The summed E-state index contributed by atoms with van der Waals surface area (Å²) in [6, 6.07) is 19.0. The number of hydrogen-bond donors (Lipinski definition) is 0. The van der Waals surface area contributed by atoms with Crippen LogP contribution in [0.1, 0.15) is 44.0 Å². The van der Waals surface area contributed by atoms with Crippen LogP contribution in [0.25, 0.3) is 5.69 Å². The quantitative estimate of drug-likeness (QED) is 0.397. The van der Waals surface area contributed by atoms with E-state index in [9.17, 15) is 9.59 Å². The van der Waals surface area contributed by atoms with Gasteiger partial charge < -0.3 is 9.47 Å². The van der Waals surface area contributed by atoms with E-state index in [0.717, 1.165) is 35.5 Å². The van der Waals surface area contributed by atoms with Crippen molar-refractivity contribution >= 4 is 40.7 Å². The van der Waals surface area contributed by atoms with Gasteiger partial charge in [-0.2, -0.15) is 0 Å². The molecule has 0 N–H and O–H groups in total. The number of anilines is 1. The molecular weight excluding hydrogens is 457 g/mol. The summed E-state index contributed by atoms with van der Waals surface area (Å²) < 4.78 is 2.10. The molecule has 0 radical (unpaired) electrons. The molecule has 0 fully saturated rings. The van der Waals surface area contributed by atoms with E-state index < -0.39 is 5.38 Å². The Kier molecular flexibility index (Phi) is 7.11. The van der Waals surface area contributed by atoms with Gasteiger partial charge in [-0.15, -0.1) is 11.6 Å². The highest BCUT2D eigenvalue weighted by molar-refractivity contribution is 6.31. The lowest BCUT2D eigenvalue weighted by molar-refractivity contribution is -0.134. The van der Waals surface area contributed by atoms with E-state index in [-0.39, 0.29) is 24.4 Å². The van der Waals surface area contributed by atoms with Crippen molar-refractivity contribution in [3.05, 3.63) is 83.1 Å². The number of benzene rings is 2. The standard InChI is InChI=1S/C26H27Cl2N3O2/c1-3-4-14-29(26(33)18(2)27)17-24(32)31-22-12-6-5-11-21(22)30-15-8-13-23(30)25(31)19-9-7-10-20(28)16-19/h5-13,15-16,18,25H,3-4,14,17H2,1-2H3/t18-,25+/m1/s1. The van der Waals surface area contributed by atoms with E-state index in [4.69, 9.17) is 23.2 Å². The Morgan fingerprint density at radius 3 is 2.52 bits per heavy atom. The Balaban J connectivity index is 1.79. The number of carbonyl (C=O) groups is 2. The minimum absolute atomic E-state index is 0.0397. The molecule has 5 nitrogen and oxygen atoms in total. The molecule has 172 valence electrons. The second-order valence-corrected chi connectivity index (χ2v) is 9.33. The zero-order valence-electron chi connectivity index (χ0n) is 18.7. The van der Waals surface area contributed by atoms with Gasteiger partial charge in [-0.3, -0.25) is 14.5 Å². The third-order valence-electron chi connectivity index (χ3n) is 5.91. The lowest BCUT2D eigenvalue weighted by atomic mass is 9.97. The van der Waals surface area contributed by atoms with E-state index >= 15 is 0 Å². The van der Waals surface area contributed by atoms with Gasteiger partial charge in [0.25, 0.3) is 0 Å². The fourth-order valence-corrected chi connectivity index (χ4v) is 4.70. The van der Waals surface area contributed by atoms with Crippen molar-refractivity contribution in [2.75, 3.05) is 18.0 Å². The van der Waals surface area contributed by atoms with Crippen LogP contribution in [0, 0.1) is 0 Å². The summed E-state index contributed by atoms with van der Waals surface area (Å²) in [6.07, 6.45) is 3.72. The normalized spacial score (nSPS) is 15.5. The third kappa shape index (κ3) is 4.66. The van der Waals surface area contributed by atoms with Gasteiger partial charge in [-0.25, -0.2) is 0 Å². The predicted molar refractivity (Wildman–Crippen MR) is 133 cm³/mol. The van der Waals surface area contributed by atoms with Crippen molar-refractivity contribution < 1.29 is 9.59 Å². The van der Waals surface area contributed by atoms with Crippen LogP contribution in [0.15, 0.2) is 66.9 Å². The van der Waals surface area contributed by atoms with Crippen molar-refractivity contribution in [2.24, 2.45) is 0 Å². The van der Waals surface area contributed by atoms with Crippen molar-refractivity contribution in [3.8, 4) is 5.69 Å². The number of carbonyl (C=O) groups excluding carboxylic acids is 2. The van der Waals surface area contributed by atoms with Crippen molar-refractivity contribution in [1.82, 2.24) is 9.47 Å². The topological polar surface area (TPSA) is 45.6 Å². The summed E-state index contributed by atoms with van der Waals surface area (Å²) in [5.41, 5.74) is 3.57. The maximum atomic E-state index is 13.9. The molecule has 1 aromatic heterocycles. The maximum Gasteiger partial charge on any atom is 0.247 e. The second kappa shape index (κ2) is 10.0. The molecule has 2 atom stereocenters. The molecule has 2 aromatic carbocycles. The van der Waals surface area contributed by atoms with Gasteiger partial charge in [0, 0.05) is 17.8 Å². The van der Waals surface area contributed by atoms with Gasteiger partial charge in [0.05, 0.1) is 17.1 Å². The summed E-state index contributed by atoms with van der Waals surface area (Å²) in [5, 5.41) is -0.0863. The Bertz CT molecular complexity index is 1160. The molecule has 0 aliphatic carbocycles. The highest BCUT2D eigenvalue weighted by Gasteiger charge is 2.37. The number of unbranched alkanes of at least 4 members (excludes halogenated alkanes) is 1. The molecule has 4 rings (SSSR count). The van der Waals surface area contributed by atoms with Gasteiger partial charge in [-0.1, -0.05) is 49.2 Å². The number of halogens is 2. The number of aromatic nitrogens is 1. The molecule has 0 saturated heterocycles. The summed E-state index contributed by atoms with van der Waals surface area (Å²) in [5.74, 6) is -0.395. The number of alkyl halides is 1. The Labute approximate surface area is 204 Å². The number of para-hydroxylation sites is 2. The van der Waals surface area contributed by atoms with E-state index in [2.05, 4.69) is 11.5 Å². The Morgan fingerprint density at radius 2 is 1.82 bits per heavy atom. The first kappa shape index (κ1) is 23.4. The molecule has 33 heavy (non-hydrogen) atoms. The SMILES string of the molecule is CCCCN(CC(=O)N1c2ccccc2-n2cccc2[C@@H]1c1cccc(Cl)c1)C(=O)[C@@H](C)Cl. The first-order chi connectivity index (χ1) is 15.9. The van der Waals surface area contributed by atoms with Crippen LogP contribution in [0.3, 0.4) is 0 Å². The van der Waals surface area contributed by atoms with Gasteiger partial charge >= 0.3 is 0 Å². The van der Waals surface area contributed by atoms with Crippen LogP contribution in [0.2, 0.25) is 5.02 Å². The highest BCUT2D eigenvalue weighted by Crippen LogP contribution is 2.42. The van der Waals surface area contributed by atoms with Crippen LogP contribution in [0.4, 0.5) is 5.69 Å². The fraction of sp³-hybridized carbons (Fsp3) is 0.308. The summed E-state index contributed by atoms with van der Waals surface area (Å²) in [7, 11) is 0. The minimum Gasteiger partial charge on any atom is -0.332 e. The third-order valence-corrected chi connectivity index (χ3v) is 6.33. The van der Waals surface area contributed by atoms with Crippen LogP contribution in [-0.2, 0) is 9.59 Å². The molecular formula is C26H27Cl2N3O2. The Morgan fingerprint density at radius 1 is 1.06 bits per heavy atom. The van der Waals surface area contributed by atoms with Gasteiger partial charge in [0.15, 0.2) is 0 Å². The fourth-order valence-electron chi connectivity index (χ4n) is 4.36. The van der Waals surface area contributed by atoms with Crippen molar-refractivity contribution in [2.45, 2.75) is 38.1 Å². The molecule has 0 spiro atoms. The van der Waals surface area contributed by atoms with E-state index in [1.54, 1.807) is 16.7 Å². The number of rotatable bonds is 7. The zero-order valence-corrected chi connectivity index (χ0v) is 20.3. The molecule has 7 heteroatoms. The second-order valence-electron chi connectivity index (χ2n) is 8.24. The largest absolute Gasteiger partial charge is 0.332 e. The first-order valence-electron chi connectivity index (χ1n) is 11.2. The average molecular weight is 484 g/mol. The van der Waals surface area contributed by atoms with Crippen LogP contribution >= 0.6 is 23.2 Å². The number of fused-ring (bicyclic) bond motifs is 3. The van der Waals surface area contributed by atoms with E-state index in [1.165, 1.54) is 0 Å². The lowest BCUT2D eigenvalue weighted by Gasteiger charge is -2.39. The zero-order chi connectivity index (χ0) is 23.5. The van der Waals surface area contributed by atoms with Crippen LogP contribution < -0.4 is 4.90 Å².